The molecule has 1 aromatic carbocycles. The molecule has 1 aliphatic carbocycles. The van der Waals surface area contributed by atoms with Crippen molar-refractivity contribution in [2.24, 2.45) is 5.92 Å². The number of aliphatic hydroxyl groups is 1. The van der Waals surface area contributed by atoms with Crippen LogP contribution in [0.25, 0.3) is 0 Å². The van der Waals surface area contributed by atoms with E-state index < -0.39 is 0 Å². The normalized spacial score (nSPS) is 27.3. The van der Waals surface area contributed by atoms with E-state index in [-0.39, 0.29) is 6.10 Å². The predicted molar refractivity (Wildman–Crippen MR) is 102 cm³/mol. The Hall–Kier alpha value is -0.940. The lowest BCUT2D eigenvalue weighted by molar-refractivity contribution is -0.0194. The number of hydrogen-bond acceptors (Lipinski definition) is 4. The number of piperazine rings is 1. The van der Waals surface area contributed by atoms with E-state index >= 15 is 0 Å². The Morgan fingerprint density at radius 1 is 1.04 bits per heavy atom. The van der Waals surface area contributed by atoms with Crippen LogP contribution in [0.3, 0.4) is 0 Å². The van der Waals surface area contributed by atoms with E-state index in [1.165, 1.54) is 25.7 Å². The third kappa shape index (κ3) is 5.78. The number of ether oxygens (including phenoxy) is 1. The Kier molecular flexibility index (Phi) is 7.29. The van der Waals surface area contributed by atoms with Crippen LogP contribution in [0.1, 0.15) is 44.3 Å². The third-order valence-corrected chi connectivity index (χ3v) is 5.85. The third-order valence-electron chi connectivity index (χ3n) is 5.85. The highest BCUT2D eigenvalue weighted by Gasteiger charge is 2.23. The van der Waals surface area contributed by atoms with Crippen LogP contribution < -0.4 is 0 Å². The van der Waals surface area contributed by atoms with Gasteiger partial charge < -0.3 is 9.84 Å². The van der Waals surface area contributed by atoms with Gasteiger partial charge in [-0.25, -0.2) is 0 Å². The smallest absolute Gasteiger partial charge is 0.0916 e. The van der Waals surface area contributed by atoms with Gasteiger partial charge in [0.2, 0.25) is 0 Å². The second-order valence-corrected chi connectivity index (χ2v) is 7.74. The molecule has 1 N–H and O–H groups in total. The summed E-state index contributed by atoms with van der Waals surface area (Å²) in [6.45, 7) is 9.18. The molecule has 2 fully saturated rings. The van der Waals surface area contributed by atoms with Gasteiger partial charge in [-0.3, -0.25) is 9.80 Å². The summed E-state index contributed by atoms with van der Waals surface area (Å²) in [7, 11) is 0. The Morgan fingerprint density at radius 3 is 2.44 bits per heavy atom. The molecule has 4 heteroatoms. The van der Waals surface area contributed by atoms with Gasteiger partial charge in [0, 0.05) is 39.3 Å². The van der Waals surface area contributed by atoms with Gasteiger partial charge in [-0.05, 0) is 24.3 Å². The standard InChI is InChI=1S/C21H34N2O2/c1-18-7-5-6-10-21(18)25-16-15-22-11-13-23(14-12-22)17-20(24)19-8-3-2-4-9-19/h2-4,8-9,18,20-21,24H,5-7,10-17H2,1H3/t18-,20-,21-/m1/s1. The van der Waals surface area contributed by atoms with Gasteiger partial charge in [0.15, 0.2) is 0 Å². The first-order chi connectivity index (χ1) is 12.2. The molecule has 3 atom stereocenters. The minimum absolute atomic E-state index is 0.385. The van der Waals surface area contributed by atoms with Crippen LogP contribution in [0.2, 0.25) is 0 Å². The molecule has 3 rings (SSSR count). The van der Waals surface area contributed by atoms with Gasteiger partial charge >= 0.3 is 0 Å². The fourth-order valence-electron chi connectivity index (χ4n) is 4.08. The molecule has 0 aromatic heterocycles. The Labute approximate surface area is 152 Å². The van der Waals surface area contributed by atoms with Crippen molar-refractivity contribution in [2.45, 2.75) is 44.8 Å². The zero-order chi connectivity index (χ0) is 17.5. The monoisotopic (exact) mass is 346 g/mol. The lowest BCUT2D eigenvalue weighted by Crippen LogP contribution is -2.48. The molecule has 1 aliphatic heterocycles. The second kappa shape index (κ2) is 9.67. The van der Waals surface area contributed by atoms with Crippen molar-refractivity contribution in [2.75, 3.05) is 45.9 Å². The zero-order valence-corrected chi connectivity index (χ0v) is 15.6. The molecule has 0 unspecified atom stereocenters. The first kappa shape index (κ1) is 18.8. The summed E-state index contributed by atoms with van der Waals surface area (Å²) < 4.78 is 6.15. The molecule has 0 radical (unpaired) electrons. The molecule has 1 aromatic rings. The molecule has 4 nitrogen and oxygen atoms in total. The zero-order valence-electron chi connectivity index (χ0n) is 15.6. The van der Waals surface area contributed by atoms with E-state index in [0.29, 0.717) is 6.10 Å². The largest absolute Gasteiger partial charge is 0.387 e. The highest BCUT2D eigenvalue weighted by atomic mass is 16.5. The average molecular weight is 347 g/mol. The Morgan fingerprint density at radius 2 is 1.72 bits per heavy atom. The summed E-state index contributed by atoms with van der Waals surface area (Å²) in [4.78, 5) is 4.87. The maximum atomic E-state index is 10.4. The van der Waals surface area contributed by atoms with Crippen molar-refractivity contribution in [3.63, 3.8) is 0 Å². The Bertz CT molecular complexity index is 488. The van der Waals surface area contributed by atoms with Crippen molar-refractivity contribution < 1.29 is 9.84 Å². The lowest BCUT2D eigenvalue weighted by atomic mass is 9.88. The van der Waals surface area contributed by atoms with Crippen LogP contribution >= 0.6 is 0 Å². The molecule has 1 saturated carbocycles. The SMILES string of the molecule is C[C@@H]1CCCC[C@H]1OCCN1CCN(C[C@@H](O)c2ccccc2)CC1. The molecular weight excluding hydrogens is 312 g/mol. The Balaban J connectivity index is 1.32. The molecular formula is C21H34N2O2. The van der Waals surface area contributed by atoms with E-state index in [4.69, 9.17) is 4.74 Å². The molecule has 0 amide bonds. The highest BCUT2D eigenvalue weighted by molar-refractivity contribution is 5.17. The highest BCUT2D eigenvalue weighted by Crippen LogP contribution is 2.26. The van der Waals surface area contributed by atoms with Gasteiger partial charge in [-0.15, -0.1) is 0 Å². The number of hydrogen-bond donors (Lipinski definition) is 1. The first-order valence-electron chi connectivity index (χ1n) is 10.0. The first-order valence-corrected chi connectivity index (χ1v) is 10.0. The van der Waals surface area contributed by atoms with Gasteiger partial charge in [-0.2, -0.15) is 0 Å². The van der Waals surface area contributed by atoms with Gasteiger partial charge in [0.05, 0.1) is 18.8 Å². The van der Waals surface area contributed by atoms with Crippen LogP contribution in [0, 0.1) is 5.92 Å². The topological polar surface area (TPSA) is 35.9 Å². The van der Waals surface area contributed by atoms with Crippen LogP contribution in [0.15, 0.2) is 30.3 Å². The summed E-state index contributed by atoms with van der Waals surface area (Å²) in [6.07, 6.45) is 5.37. The van der Waals surface area contributed by atoms with Crippen LogP contribution in [-0.4, -0.2) is 66.9 Å². The van der Waals surface area contributed by atoms with E-state index in [9.17, 15) is 5.11 Å². The van der Waals surface area contributed by atoms with Crippen molar-refractivity contribution >= 4 is 0 Å². The van der Waals surface area contributed by atoms with Crippen LogP contribution in [-0.2, 0) is 4.74 Å². The number of β-amino-alcohol motifs (C(OH)–C–C–N with tert-alkyl or cyclic N) is 1. The maximum absolute atomic E-state index is 10.4. The van der Waals surface area contributed by atoms with Crippen molar-refractivity contribution in [3.05, 3.63) is 35.9 Å². The molecule has 0 bridgehead atoms. The van der Waals surface area contributed by atoms with E-state index in [0.717, 1.165) is 57.4 Å². The fourth-order valence-corrected chi connectivity index (χ4v) is 4.08. The maximum Gasteiger partial charge on any atom is 0.0916 e. The molecule has 1 heterocycles. The second-order valence-electron chi connectivity index (χ2n) is 7.74. The van der Waals surface area contributed by atoms with Crippen molar-refractivity contribution in [3.8, 4) is 0 Å². The lowest BCUT2D eigenvalue weighted by Gasteiger charge is -2.36. The summed E-state index contributed by atoms with van der Waals surface area (Å²) in [5.74, 6) is 0.727. The quantitative estimate of drug-likeness (QED) is 0.823. The van der Waals surface area contributed by atoms with Crippen molar-refractivity contribution in [1.29, 1.82) is 0 Å². The molecule has 0 spiro atoms. The number of nitrogens with zero attached hydrogens (tertiary/aromatic N) is 2. The minimum atomic E-state index is -0.385. The van der Waals surface area contributed by atoms with Crippen molar-refractivity contribution in [1.82, 2.24) is 9.80 Å². The summed E-state index contributed by atoms with van der Waals surface area (Å²) in [6, 6.07) is 9.98. The molecule has 1 saturated heterocycles. The minimum Gasteiger partial charge on any atom is -0.387 e. The van der Waals surface area contributed by atoms with E-state index in [1.807, 2.05) is 30.3 Å². The van der Waals surface area contributed by atoms with Gasteiger partial charge in [-0.1, -0.05) is 50.1 Å². The van der Waals surface area contributed by atoms with Gasteiger partial charge in [0.25, 0.3) is 0 Å². The molecule has 25 heavy (non-hydrogen) atoms. The molecule has 2 aliphatic rings. The number of rotatable bonds is 7. The van der Waals surface area contributed by atoms with Crippen LogP contribution in [0.4, 0.5) is 0 Å². The predicted octanol–water partition coefficient (Wildman–Crippen LogP) is 2.93. The average Bonchev–Trinajstić information content (AvgIpc) is 2.65. The molecule has 140 valence electrons. The van der Waals surface area contributed by atoms with E-state index in [1.54, 1.807) is 0 Å². The van der Waals surface area contributed by atoms with Gasteiger partial charge in [0.1, 0.15) is 0 Å². The van der Waals surface area contributed by atoms with Crippen LogP contribution in [0.5, 0.6) is 0 Å². The fraction of sp³-hybridized carbons (Fsp3) is 0.714. The summed E-state index contributed by atoms with van der Waals surface area (Å²) in [5.41, 5.74) is 1.01. The summed E-state index contributed by atoms with van der Waals surface area (Å²) in [5, 5.41) is 10.4. The number of benzene rings is 1. The van der Waals surface area contributed by atoms with E-state index in [2.05, 4.69) is 16.7 Å². The number of aliphatic hydroxyl groups excluding tert-OH is 1. The summed E-state index contributed by atoms with van der Waals surface area (Å²) >= 11 is 0.